The summed E-state index contributed by atoms with van der Waals surface area (Å²) in [4.78, 5) is 25.0. The number of esters is 1. The Bertz CT molecular complexity index is 1230. The second kappa shape index (κ2) is 8.87. The number of amides is 1. The number of benzene rings is 2. The summed E-state index contributed by atoms with van der Waals surface area (Å²) in [7, 11) is 1.29. The SMILES string of the molecule is COC(=O)c1cccc(NC(=O)C(=Cc2ccco2)n2nnnc2-c2ccccc2)c1. The first-order valence-electron chi connectivity index (χ1n) is 9.25. The van der Waals surface area contributed by atoms with Gasteiger partial charge in [0, 0.05) is 17.3 Å². The molecule has 2 heterocycles. The van der Waals surface area contributed by atoms with Crippen LogP contribution in [0.4, 0.5) is 5.69 Å². The Hall–Kier alpha value is -4.53. The van der Waals surface area contributed by atoms with Gasteiger partial charge >= 0.3 is 5.97 Å². The van der Waals surface area contributed by atoms with Crippen molar-refractivity contribution < 1.29 is 18.7 Å². The number of nitrogens with one attached hydrogen (secondary N) is 1. The van der Waals surface area contributed by atoms with Crippen LogP contribution in [0.25, 0.3) is 23.2 Å². The van der Waals surface area contributed by atoms with Gasteiger partial charge in [-0.05, 0) is 40.8 Å². The van der Waals surface area contributed by atoms with Crippen molar-refractivity contribution in [3.63, 3.8) is 0 Å². The quantitative estimate of drug-likeness (QED) is 0.380. The molecule has 154 valence electrons. The zero-order valence-electron chi connectivity index (χ0n) is 16.4. The van der Waals surface area contributed by atoms with Crippen molar-refractivity contribution in [1.29, 1.82) is 0 Å². The summed E-state index contributed by atoms with van der Waals surface area (Å²) in [6.07, 6.45) is 3.03. The fourth-order valence-electron chi connectivity index (χ4n) is 2.88. The van der Waals surface area contributed by atoms with Gasteiger partial charge in [-0.3, -0.25) is 4.79 Å². The van der Waals surface area contributed by atoms with Gasteiger partial charge in [-0.15, -0.1) is 5.10 Å². The third-order valence-corrected chi connectivity index (χ3v) is 4.33. The number of carbonyl (C=O) groups excluding carboxylic acids is 2. The molecule has 2 aromatic heterocycles. The Morgan fingerprint density at radius 3 is 2.65 bits per heavy atom. The second-order valence-electron chi connectivity index (χ2n) is 6.35. The Morgan fingerprint density at radius 2 is 1.90 bits per heavy atom. The van der Waals surface area contributed by atoms with Gasteiger partial charge in [-0.25, -0.2) is 4.79 Å². The highest BCUT2D eigenvalue weighted by molar-refractivity contribution is 6.24. The van der Waals surface area contributed by atoms with Gasteiger partial charge in [0.25, 0.3) is 5.91 Å². The first-order valence-corrected chi connectivity index (χ1v) is 9.25. The summed E-state index contributed by atoms with van der Waals surface area (Å²) in [6.45, 7) is 0. The summed E-state index contributed by atoms with van der Waals surface area (Å²) in [5.41, 5.74) is 1.58. The average Bonchev–Trinajstić information content (AvgIpc) is 3.49. The molecular weight excluding hydrogens is 398 g/mol. The van der Waals surface area contributed by atoms with Crippen LogP contribution >= 0.6 is 0 Å². The first kappa shape index (κ1) is 19.8. The van der Waals surface area contributed by atoms with Crippen molar-refractivity contribution in [2.45, 2.75) is 0 Å². The van der Waals surface area contributed by atoms with E-state index < -0.39 is 11.9 Å². The molecule has 0 aliphatic carbocycles. The number of hydrogen-bond donors (Lipinski definition) is 1. The second-order valence-corrected chi connectivity index (χ2v) is 6.35. The smallest absolute Gasteiger partial charge is 0.337 e. The lowest BCUT2D eigenvalue weighted by atomic mass is 10.2. The molecule has 0 fully saturated rings. The van der Waals surface area contributed by atoms with Gasteiger partial charge in [0.1, 0.15) is 11.5 Å². The molecule has 9 heteroatoms. The van der Waals surface area contributed by atoms with E-state index in [0.29, 0.717) is 22.8 Å². The van der Waals surface area contributed by atoms with Crippen LogP contribution in [-0.4, -0.2) is 39.2 Å². The minimum Gasteiger partial charge on any atom is -0.465 e. The predicted octanol–water partition coefficient (Wildman–Crippen LogP) is 3.36. The van der Waals surface area contributed by atoms with Crippen molar-refractivity contribution in [1.82, 2.24) is 20.2 Å². The Balaban J connectivity index is 1.72. The van der Waals surface area contributed by atoms with Crippen LogP contribution in [-0.2, 0) is 9.53 Å². The van der Waals surface area contributed by atoms with Crippen LogP contribution in [0.5, 0.6) is 0 Å². The van der Waals surface area contributed by atoms with Gasteiger partial charge in [0.05, 0.1) is 18.9 Å². The maximum Gasteiger partial charge on any atom is 0.337 e. The van der Waals surface area contributed by atoms with Crippen molar-refractivity contribution in [3.8, 4) is 11.4 Å². The molecule has 2 aromatic carbocycles. The highest BCUT2D eigenvalue weighted by Gasteiger charge is 2.20. The number of anilines is 1. The van der Waals surface area contributed by atoms with E-state index in [4.69, 9.17) is 9.15 Å². The van der Waals surface area contributed by atoms with Crippen molar-refractivity contribution >= 4 is 29.3 Å². The van der Waals surface area contributed by atoms with Crippen LogP contribution in [0.1, 0.15) is 16.1 Å². The standard InChI is InChI=1S/C22H17N5O4/c1-30-22(29)16-9-5-10-17(13-16)23-21(28)19(14-18-11-6-12-31-18)27-20(24-25-26-27)15-7-3-2-4-8-15/h2-14H,1H3,(H,23,28). The normalized spacial score (nSPS) is 11.2. The third-order valence-electron chi connectivity index (χ3n) is 4.33. The number of aromatic nitrogens is 4. The molecule has 0 aliphatic heterocycles. The Kier molecular flexibility index (Phi) is 5.66. The number of methoxy groups -OCH3 is 1. The third kappa shape index (κ3) is 4.40. The summed E-state index contributed by atoms with van der Waals surface area (Å²) in [6, 6.07) is 19.1. The summed E-state index contributed by atoms with van der Waals surface area (Å²) >= 11 is 0. The topological polar surface area (TPSA) is 112 Å². The summed E-state index contributed by atoms with van der Waals surface area (Å²) in [5, 5.41) is 14.6. The molecule has 0 saturated heterocycles. The summed E-state index contributed by atoms with van der Waals surface area (Å²) in [5.74, 6) is -0.169. The number of tetrazole rings is 1. The average molecular weight is 415 g/mol. The number of hydrogen-bond acceptors (Lipinski definition) is 7. The zero-order valence-corrected chi connectivity index (χ0v) is 16.4. The molecule has 0 radical (unpaired) electrons. The van der Waals surface area contributed by atoms with Crippen molar-refractivity contribution in [2.75, 3.05) is 12.4 Å². The molecule has 4 aromatic rings. The molecule has 0 spiro atoms. The molecule has 9 nitrogen and oxygen atoms in total. The molecule has 0 saturated carbocycles. The number of ether oxygens (including phenoxy) is 1. The molecule has 4 rings (SSSR count). The Morgan fingerprint density at radius 1 is 1.06 bits per heavy atom. The predicted molar refractivity (Wildman–Crippen MR) is 113 cm³/mol. The highest BCUT2D eigenvalue weighted by Crippen LogP contribution is 2.22. The van der Waals surface area contributed by atoms with E-state index in [-0.39, 0.29) is 5.70 Å². The van der Waals surface area contributed by atoms with Crippen LogP contribution in [0.2, 0.25) is 0 Å². The molecule has 1 N–H and O–H groups in total. The van der Waals surface area contributed by atoms with Crippen LogP contribution in [0.3, 0.4) is 0 Å². The van der Waals surface area contributed by atoms with E-state index in [2.05, 4.69) is 20.8 Å². The summed E-state index contributed by atoms with van der Waals surface area (Å²) < 4.78 is 11.4. The molecule has 1 amide bonds. The van der Waals surface area contributed by atoms with Gasteiger partial charge in [-0.2, -0.15) is 4.68 Å². The van der Waals surface area contributed by atoms with E-state index in [0.717, 1.165) is 5.56 Å². The van der Waals surface area contributed by atoms with Crippen LogP contribution < -0.4 is 5.32 Å². The molecular formula is C22H17N5O4. The van der Waals surface area contributed by atoms with E-state index >= 15 is 0 Å². The van der Waals surface area contributed by atoms with E-state index in [1.807, 2.05) is 30.3 Å². The molecule has 31 heavy (non-hydrogen) atoms. The minimum atomic E-state index is -0.505. The van der Waals surface area contributed by atoms with E-state index in [1.165, 1.54) is 30.2 Å². The van der Waals surface area contributed by atoms with Gasteiger partial charge in [-0.1, -0.05) is 36.4 Å². The lowest BCUT2D eigenvalue weighted by Crippen LogP contribution is -2.19. The van der Waals surface area contributed by atoms with Crippen LogP contribution in [0, 0.1) is 0 Å². The Labute approximate surface area is 177 Å². The molecule has 0 unspecified atom stereocenters. The maximum atomic E-state index is 13.2. The molecule has 0 aliphatic rings. The van der Waals surface area contributed by atoms with E-state index in [9.17, 15) is 9.59 Å². The van der Waals surface area contributed by atoms with Gasteiger partial charge < -0.3 is 14.5 Å². The lowest BCUT2D eigenvalue weighted by Gasteiger charge is -2.11. The fraction of sp³-hybridized carbons (Fsp3) is 0.0455. The maximum absolute atomic E-state index is 13.2. The zero-order chi connectivity index (χ0) is 21.6. The van der Waals surface area contributed by atoms with Gasteiger partial charge in [0.2, 0.25) is 0 Å². The minimum absolute atomic E-state index is 0.127. The number of nitrogens with zero attached hydrogens (tertiary/aromatic N) is 4. The van der Waals surface area contributed by atoms with Gasteiger partial charge in [0.15, 0.2) is 5.82 Å². The van der Waals surface area contributed by atoms with Crippen molar-refractivity contribution in [3.05, 3.63) is 84.3 Å². The monoisotopic (exact) mass is 415 g/mol. The number of carbonyl (C=O) groups is 2. The van der Waals surface area contributed by atoms with Crippen molar-refractivity contribution in [2.24, 2.45) is 0 Å². The largest absolute Gasteiger partial charge is 0.465 e. The van der Waals surface area contributed by atoms with Crippen LogP contribution in [0.15, 0.2) is 77.4 Å². The molecule has 0 bridgehead atoms. The highest BCUT2D eigenvalue weighted by atomic mass is 16.5. The fourth-order valence-corrected chi connectivity index (χ4v) is 2.88. The first-order chi connectivity index (χ1) is 15.2. The number of furan rings is 1. The lowest BCUT2D eigenvalue weighted by molar-refractivity contribution is -0.111. The number of rotatable bonds is 6. The van der Waals surface area contributed by atoms with E-state index in [1.54, 1.807) is 30.3 Å². The molecule has 0 atom stereocenters.